The molecule has 3 fully saturated rings. The zero-order valence-corrected chi connectivity index (χ0v) is 21.8. The molecule has 0 spiro atoms. The van der Waals surface area contributed by atoms with Crippen molar-refractivity contribution in [3.8, 4) is 0 Å². The molecule has 2 aromatic rings. The molecule has 3 amide bonds. The Balaban J connectivity index is 1.21. The molecule has 0 radical (unpaired) electrons. The van der Waals surface area contributed by atoms with Crippen LogP contribution >= 0.6 is 50.7 Å². The first kappa shape index (κ1) is 24.6. The minimum absolute atomic E-state index is 0.108. The molecule has 5 rings (SSSR count). The molecule has 2 bridgehead atoms. The van der Waals surface area contributed by atoms with Crippen molar-refractivity contribution in [3.05, 3.63) is 57.5 Å². The number of halogens is 4. The fourth-order valence-corrected chi connectivity index (χ4v) is 6.96. The number of carbonyl (C=O) groups is 4. The summed E-state index contributed by atoms with van der Waals surface area (Å²) in [5.41, 5.74) is 0.925. The predicted molar refractivity (Wildman–Crippen MR) is 135 cm³/mol. The van der Waals surface area contributed by atoms with Crippen LogP contribution in [0.4, 0.5) is 11.4 Å². The van der Waals surface area contributed by atoms with E-state index in [1.54, 1.807) is 18.2 Å². The molecule has 1 aliphatic heterocycles. The van der Waals surface area contributed by atoms with Gasteiger partial charge in [-0.25, -0.2) is 4.79 Å². The van der Waals surface area contributed by atoms with Gasteiger partial charge in [-0.15, -0.1) is 23.2 Å². The highest BCUT2D eigenvalue weighted by molar-refractivity contribution is 9.10. The molecule has 1 N–H and O–H groups in total. The van der Waals surface area contributed by atoms with E-state index in [0.29, 0.717) is 22.8 Å². The van der Waals surface area contributed by atoms with E-state index in [1.165, 1.54) is 24.3 Å². The normalized spacial score (nSPS) is 28.9. The summed E-state index contributed by atoms with van der Waals surface area (Å²) in [5, 5.41) is 2.25. The predicted octanol–water partition coefficient (Wildman–Crippen LogP) is 4.87. The number of anilines is 2. The van der Waals surface area contributed by atoms with E-state index >= 15 is 0 Å². The molecule has 3 aliphatic rings. The van der Waals surface area contributed by atoms with Gasteiger partial charge in [0.2, 0.25) is 11.8 Å². The van der Waals surface area contributed by atoms with E-state index in [-0.39, 0.29) is 40.0 Å². The first-order valence-corrected chi connectivity index (χ1v) is 12.9. The van der Waals surface area contributed by atoms with Crippen molar-refractivity contribution in [1.29, 1.82) is 0 Å². The first-order valence-electron chi connectivity index (χ1n) is 10.9. The molecule has 2 saturated carbocycles. The minimum Gasteiger partial charge on any atom is -0.452 e. The lowest BCUT2D eigenvalue weighted by Crippen LogP contribution is -2.37. The van der Waals surface area contributed by atoms with E-state index in [0.717, 1.165) is 9.37 Å². The Morgan fingerprint density at radius 3 is 2.17 bits per heavy atom. The number of carbonyl (C=O) groups excluding carboxylic acids is 4. The molecule has 182 valence electrons. The molecular weight excluding hydrogens is 583 g/mol. The van der Waals surface area contributed by atoms with Gasteiger partial charge in [0.1, 0.15) is 0 Å². The fraction of sp³-hybridized carbons (Fsp3) is 0.333. The molecule has 11 heteroatoms. The largest absolute Gasteiger partial charge is 0.452 e. The Bertz CT molecular complexity index is 1210. The average molecular weight is 601 g/mol. The van der Waals surface area contributed by atoms with Gasteiger partial charge in [-0.2, -0.15) is 0 Å². The zero-order chi connectivity index (χ0) is 25.0. The lowest BCUT2D eigenvalue weighted by atomic mass is 9.80. The summed E-state index contributed by atoms with van der Waals surface area (Å²) in [6, 6.07) is 10.9. The zero-order valence-electron chi connectivity index (χ0n) is 17.9. The van der Waals surface area contributed by atoms with Crippen LogP contribution in [0.3, 0.4) is 0 Å². The average Bonchev–Trinajstić information content (AvgIpc) is 3.44. The number of fused-ring (bicyclic) bond motifs is 5. The van der Waals surface area contributed by atoms with E-state index in [4.69, 9.17) is 39.5 Å². The van der Waals surface area contributed by atoms with Gasteiger partial charge < -0.3 is 10.1 Å². The molecule has 35 heavy (non-hydrogen) atoms. The summed E-state index contributed by atoms with van der Waals surface area (Å²) in [7, 11) is 0. The molecule has 0 aromatic heterocycles. The Kier molecular flexibility index (Phi) is 6.59. The molecular formula is C24H18BrCl3N2O5. The third-order valence-electron chi connectivity index (χ3n) is 6.89. The van der Waals surface area contributed by atoms with Crippen molar-refractivity contribution in [2.24, 2.45) is 23.7 Å². The quantitative estimate of drug-likeness (QED) is 0.301. The SMILES string of the molecule is O=C(COC(=O)c1ccc(N2C(=O)[C@@H]3[C@H]4C[C@@H]([C@@H](Cl)[C@H]4Cl)[C@H]3C2=O)cc1)Nc1ccc(Br)cc1Cl. The Morgan fingerprint density at radius 2 is 1.60 bits per heavy atom. The number of nitrogens with zero attached hydrogens (tertiary/aromatic N) is 1. The maximum absolute atomic E-state index is 13.1. The smallest absolute Gasteiger partial charge is 0.338 e. The van der Waals surface area contributed by atoms with Crippen molar-refractivity contribution in [3.63, 3.8) is 0 Å². The van der Waals surface area contributed by atoms with Gasteiger partial charge in [0, 0.05) is 4.47 Å². The number of amides is 3. The van der Waals surface area contributed by atoms with Gasteiger partial charge in [-0.05, 0) is 60.7 Å². The highest BCUT2D eigenvalue weighted by Gasteiger charge is 2.66. The van der Waals surface area contributed by atoms with E-state index in [2.05, 4.69) is 21.2 Å². The molecule has 1 heterocycles. The molecule has 1 saturated heterocycles. The van der Waals surface area contributed by atoms with Gasteiger partial charge in [0.05, 0.1) is 44.6 Å². The number of rotatable bonds is 5. The third kappa shape index (κ3) is 4.24. The monoisotopic (exact) mass is 598 g/mol. The van der Waals surface area contributed by atoms with Crippen LogP contribution in [0, 0.1) is 23.7 Å². The molecule has 7 nitrogen and oxygen atoms in total. The Morgan fingerprint density at radius 1 is 1.00 bits per heavy atom. The molecule has 2 aromatic carbocycles. The minimum atomic E-state index is -0.724. The summed E-state index contributed by atoms with van der Waals surface area (Å²) in [4.78, 5) is 51.8. The van der Waals surface area contributed by atoms with Crippen molar-refractivity contribution in [2.75, 3.05) is 16.8 Å². The van der Waals surface area contributed by atoms with Crippen molar-refractivity contribution >= 4 is 85.8 Å². The standard InChI is InChI=1S/C24H18BrCl3N2O5/c25-11-3-6-16(15(26)7-11)29-17(31)9-35-24(34)10-1-4-12(5-2-10)30-22(32)18-13-8-14(19(18)23(30)33)21(28)20(13)27/h1-7,13-14,18-21H,8-9H2,(H,29,31)/t13-,14-,18-,19-,20-,21+/m1/s1. The van der Waals surface area contributed by atoms with Crippen LogP contribution in [0.1, 0.15) is 16.8 Å². The second-order valence-electron chi connectivity index (χ2n) is 8.81. The summed E-state index contributed by atoms with van der Waals surface area (Å²) in [6.07, 6.45) is 0.690. The van der Waals surface area contributed by atoms with Gasteiger partial charge in [0.15, 0.2) is 6.61 Å². The van der Waals surface area contributed by atoms with Crippen LogP contribution < -0.4 is 10.2 Å². The second kappa shape index (κ2) is 9.39. The number of alkyl halides is 2. The number of hydrogen-bond acceptors (Lipinski definition) is 5. The van der Waals surface area contributed by atoms with E-state index < -0.39 is 30.3 Å². The van der Waals surface area contributed by atoms with Crippen LogP contribution in [0.2, 0.25) is 5.02 Å². The van der Waals surface area contributed by atoms with E-state index in [1.807, 2.05) is 0 Å². The van der Waals surface area contributed by atoms with Crippen molar-refractivity contribution in [2.45, 2.75) is 17.2 Å². The topological polar surface area (TPSA) is 92.8 Å². The number of hydrogen-bond donors (Lipinski definition) is 1. The number of ether oxygens (including phenoxy) is 1. The van der Waals surface area contributed by atoms with Crippen LogP contribution in [0.5, 0.6) is 0 Å². The number of nitrogens with one attached hydrogen (secondary N) is 1. The summed E-state index contributed by atoms with van der Waals surface area (Å²) < 4.78 is 5.83. The highest BCUT2D eigenvalue weighted by Crippen LogP contribution is 2.59. The van der Waals surface area contributed by atoms with Crippen molar-refractivity contribution in [1.82, 2.24) is 0 Å². The number of benzene rings is 2. The van der Waals surface area contributed by atoms with Gasteiger partial charge in [-0.1, -0.05) is 27.5 Å². The molecule has 0 unspecified atom stereocenters. The number of imide groups is 1. The van der Waals surface area contributed by atoms with E-state index in [9.17, 15) is 19.2 Å². The highest BCUT2D eigenvalue weighted by atomic mass is 79.9. The van der Waals surface area contributed by atoms with Gasteiger partial charge in [-0.3, -0.25) is 19.3 Å². The maximum Gasteiger partial charge on any atom is 0.338 e. The fourth-order valence-electron chi connectivity index (χ4n) is 5.34. The number of esters is 1. The Labute approximate surface area is 224 Å². The summed E-state index contributed by atoms with van der Waals surface area (Å²) >= 11 is 22.1. The first-order chi connectivity index (χ1) is 16.7. The summed E-state index contributed by atoms with van der Waals surface area (Å²) in [5.74, 6) is -2.95. The maximum atomic E-state index is 13.1. The molecule has 2 aliphatic carbocycles. The van der Waals surface area contributed by atoms with Crippen LogP contribution in [-0.4, -0.2) is 41.1 Å². The third-order valence-corrected chi connectivity index (χ3v) is 9.01. The van der Waals surface area contributed by atoms with Crippen LogP contribution in [0.25, 0.3) is 0 Å². The van der Waals surface area contributed by atoms with Crippen LogP contribution in [0.15, 0.2) is 46.9 Å². The van der Waals surface area contributed by atoms with Gasteiger partial charge >= 0.3 is 5.97 Å². The lowest BCUT2D eigenvalue weighted by molar-refractivity contribution is -0.123. The van der Waals surface area contributed by atoms with Crippen LogP contribution in [-0.2, 0) is 19.1 Å². The summed E-state index contributed by atoms with van der Waals surface area (Å²) in [6.45, 7) is -0.513. The second-order valence-corrected chi connectivity index (χ2v) is 11.1. The Hall–Kier alpha value is -2.13. The van der Waals surface area contributed by atoms with Crippen molar-refractivity contribution < 1.29 is 23.9 Å². The van der Waals surface area contributed by atoms with Gasteiger partial charge in [0.25, 0.3) is 5.91 Å². The lowest BCUT2D eigenvalue weighted by Gasteiger charge is -2.28. The molecule has 6 atom stereocenters.